The number of hydrogen-bond donors (Lipinski definition) is 0. The largest absolute Gasteiger partial charge is 0.496 e. The Bertz CT molecular complexity index is 349. The Morgan fingerprint density at radius 2 is 2.19 bits per heavy atom. The third-order valence-electron chi connectivity index (χ3n) is 2.69. The van der Waals surface area contributed by atoms with Crippen molar-refractivity contribution in [1.29, 1.82) is 0 Å². The van der Waals surface area contributed by atoms with Crippen molar-refractivity contribution in [3.63, 3.8) is 0 Å². The highest BCUT2D eigenvalue weighted by Gasteiger charge is 2.30. The third-order valence-corrected chi connectivity index (χ3v) is 2.69. The van der Waals surface area contributed by atoms with E-state index in [1.807, 2.05) is 31.2 Å². The molecule has 0 aliphatic carbocycles. The summed E-state index contributed by atoms with van der Waals surface area (Å²) in [5.74, 6) is 0.748. The molecule has 0 bridgehead atoms. The molecule has 0 spiro atoms. The normalized spacial score (nSPS) is 25.0. The Balaban J connectivity index is 2.14. The maximum atomic E-state index is 5.77. The van der Waals surface area contributed by atoms with Crippen LogP contribution in [0.5, 0.6) is 5.75 Å². The smallest absolute Gasteiger partial charge is 0.187 e. The molecule has 16 heavy (non-hydrogen) atoms. The van der Waals surface area contributed by atoms with Crippen molar-refractivity contribution in [2.45, 2.75) is 19.3 Å². The fourth-order valence-electron chi connectivity index (χ4n) is 1.72. The fourth-order valence-corrected chi connectivity index (χ4v) is 1.72. The van der Waals surface area contributed by atoms with Gasteiger partial charge in [-0.25, -0.2) is 0 Å². The van der Waals surface area contributed by atoms with Crippen LogP contribution in [0.2, 0.25) is 0 Å². The van der Waals surface area contributed by atoms with Crippen molar-refractivity contribution in [1.82, 2.24) is 0 Å². The molecule has 1 aromatic carbocycles. The predicted octanol–water partition coefficient (Wildman–Crippen LogP) is 2.46. The lowest BCUT2D eigenvalue weighted by Gasteiger charge is -2.16. The summed E-state index contributed by atoms with van der Waals surface area (Å²) in [5, 5.41) is 0. The van der Waals surface area contributed by atoms with Gasteiger partial charge in [0.15, 0.2) is 6.29 Å². The zero-order chi connectivity index (χ0) is 11.5. The highest BCUT2D eigenvalue weighted by molar-refractivity contribution is 5.34. The van der Waals surface area contributed by atoms with Gasteiger partial charge in [-0.05, 0) is 18.9 Å². The molecule has 0 amide bonds. The first-order valence-electron chi connectivity index (χ1n) is 5.38. The Morgan fingerprint density at radius 3 is 2.81 bits per heavy atom. The van der Waals surface area contributed by atoms with Gasteiger partial charge >= 0.3 is 0 Å². The number of hydrogen-bond acceptors (Lipinski definition) is 3. The van der Waals surface area contributed by atoms with Crippen molar-refractivity contribution < 1.29 is 14.2 Å². The van der Waals surface area contributed by atoms with Crippen LogP contribution >= 0.6 is 0 Å². The average molecular weight is 220 g/mol. The lowest BCUT2D eigenvalue weighted by molar-refractivity contribution is -0.0665. The van der Waals surface area contributed by atoms with Crippen LogP contribution in [-0.2, 0) is 9.47 Å². The second-order valence-corrected chi connectivity index (χ2v) is 3.94. The van der Waals surface area contributed by atoms with Crippen molar-refractivity contribution in [3.05, 3.63) is 36.8 Å². The number of ether oxygens (including phenoxy) is 3. The van der Waals surface area contributed by atoms with Gasteiger partial charge in [0, 0.05) is 5.56 Å². The molecule has 1 aromatic rings. The fraction of sp³-hybridized carbons (Fsp3) is 0.462. The van der Waals surface area contributed by atoms with E-state index in [1.54, 1.807) is 7.11 Å². The summed E-state index contributed by atoms with van der Waals surface area (Å²) in [6.07, 6.45) is -0.415. The van der Waals surface area contributed by atoms with Crippen LogP contribution in [0.3, 0.4) is 0 Å². The molecule has 3 nitrogen and oxygen atoms in total. The molecule has 3 atom stereocenters. The molecular formula is C13H16O3. The van der Waals surface area contributed by atoms with Gasteiger partial charge in [0.05, 0.1) is 19.8 Å². The summed E-state index contributed by atoms with van der Waals surface area (Å²) in [7, 11) is 1.64. The van der Waals surface area contributed by atoms with E-state index < -0.39 is 0 Å². The molecule has 3 heteroatoms. The SMILES string of the molecule is [CH]C(C)C1COC(c2ccccc2OC)O1. The first-order chi connectivity index (χ1) is 7.72. The van der Waals surface area contributed by atoms with Crippen LogP contribution in [0.4, 0.5) is 0 Å². The molecule has 2 rings (SSSR count). The molecule has 1 saturated heterocycles. The number of rotatable bonds is 3. The molecule has 1 heterocycles. The Labute approximate surface area is 96.3 Å². The minimum absolute atomic E-state index is 0.0280. The zero-order valence-corrected chi connectivity index (χ0v) is 9.55. The van der Waals surface area contributed by atoms with Crippen molar-refractivity contribution in [2.24, 2.45) is 5.92 Å². The van der Waals surface area contributed by atoms with E-state index in [0.29, 0.717) is 6.61 Å². The van der Waals surface area contributed by atoms with E-state index in [9.17, 15) is 0 Å². The van der Waals surface area contributed by atoms with Gasteiger partial charge in [0.25, 0.3) is 0 Å². The molecule has 2 radical (unpaired) electrons. The molecule has 0 N–H and O–H groups in total. The summed E-state index contributed by atoms with van der Waals surface area (Å²) in [4.78, 5) is 0. The highest BCUT2D eigenvalue weighted by atomic mass is 16.7. The second-order valence-electron chi connectivity index (χ2n) is 3.94. The van der Waals surface area contributed by atoms with Crippen LogP contribution in [0.15, 0.2) is 24.3 Å². The van der Waals surface area contributed by atoms with E-state index >= 15 is 0 Å². The minimum atomic E-state index is -0.368. The maximum absolute atomic E-state index is 5.77. The van der Waals surface area contributed by atoms with Crippen LogP contribution in [-0.4, -0.2) is 19.8 Å². The molecule has 1 fully saturated rings. The first-order valence-corrected chi connectivity index (χ1v) is 5.38. The summed E-state index contributed by atoms with van der Waals surface area (Å²) in [6.45, 7) is 8.22. The van der Waals surface area contributed by atoms with Crippen LogP contribution < -0.4 is 4.74 Å². The van der Waals surface area contributed by atoms with E-state index in [1.165, 1.54) is 0 Å². The van der Waals surface area contributed by atoms with Gasteiger partial charge in [0.2, 0.25) is 0 Å². The van der Waals surface area contributed by atoms with E-state index in [-0.39, 0.29) is 18.3 Å². The summed E-state index contributed by atoms with van der Waals surface area (Å²) in [5.41, 5.74) is 0.910. The lowest BCUT2D eigenvalue weighted by Crippen LogP contribution is -2.17. The number of para-hydroxylation sites is 1. The highest BCUT2D eigenvalue weighted by Crippen LogP contribution is 2.34. The lowest BCUT2D eigenvalue weighted by atomic mass is 10.1. The van der Waals surface area contributed by atoms with Gasteiger partial charge < -0.3 is 14.2 Å². The van der Waals surface area contributed by atoms with Crippen molar-refractivity contribution in [2.75, 3.05) is 13.7 Å². The Hall–Kier alpha value is -1.06. The van der Waals surface area contributed by atoms with Crippen molar-refractivity contribution in [3.8, 4) is 5.75 Å². The molecule has 86 valence electrons. The Morgan fingerprint density at radius 1 is 1.44 bits per heavy atom. The van der Waals surface area contributed by atoms with Gasteiger partial charge in [-0.2, -0.15) is 0 Å². The molecule has 1 aliphatic rings. The van der Waals surface area contributed by atoms with Crippen LogP contribution in [0.25, 0.3) is 0 Å². The standard InChI is InChI=1S/C13H16O3/c1-9(2)12-8-15-13(16-12)10-6-4-5-7-11(10)14-3/h1,4-7,9,12-13H,8H2,2-3H3. The van der Waals surface area contributed by atoms with Gasteiger partial charge in [-0.15, -0.1) is 0 Å². The van der Waals surface area contributed by atoms with Gasteiger partial charge in [0.1, 0.15) is 5.75 Å². The monoisotopic (exact) mass is 220 g/mol. The average Bonchev–Trinajstić information content (AvgIpc) is 2.78. The second kappa shape index (κ2) is 4.85. The quantitative estimate of drug-likeness (QED) is 0.783. The van der Waals surface area contributed by atoms with Gasteiger partial charge in [-0.3, -0.25) is 0 Å². The predicted molar refractivity (Wildman–Crippen MR) is 60.0 cm³/mol. The Kier molecular flexibility index (Phi) is 3.46. The minimum Gasteiger partial charge on any atom is -0.496 e. The summed E-state index contributed by atoms with van der Waals surface area (Å²) < 4.78 is 16.6. The van der Waals surface area contributed by atoms with Crippen LogP contribution in [0, 0.1) is 12.8 Å². The molecular weight excluding hydrogens is 204 g/mol. The molecule has 0 aromatic heterocycles. The maximum Gasteiger partial charge on any atom is 0.187 e. The zero-order valence-electron chi connectivity index (χ0n) is 9.55. The third kappa shape index (κ3) is 2.20. The van der Waals surface area contributed by atoms with E-state index in [0.717, 1.165) is 11.3 Å². The van der Waals surface area contributed by atoms with E-state index in [4.69, 9.17) is 21.1 Å². The van der Waals surface area contributed by atoms with Crippen LogP contribution in [0.1, 0.15) is 18.8 Å². The molecule has 3 unspecified atom stereocenters. The topological polar surface area (TPSA) is 27.7 Å². The van der Waals surface area contributed by atoms with Gasteiger partial charge in [-0.1, -0.05) is 25.1 Å². The molecule has 1 aliphatic heterocycles. The summed E-state index contributed by atoms with van der Waals surface area (Å²) >= 11 is 0. The number of benzene rings is 1. The first kappa shape index (κ1) is 11.4. The summed E-state index contributed by atoms with van der Waals surface area (Å²) in [6, 6.07) is 7.68. The molecule has 0 saturated carbocycles. The number of methoxy groups -OCH3 is 1. The van der Waals surface area contributed by atoms with Crippen molar-refractivity contribution >= 4 is 0 Å². The van der Waals surface area contributed by atoms with E-state index in [2.05, 4.69) is 0 Å².